The van der Waals surface area contributed by atoms with Gasteiger partial charge in [-0.25, -0.2) is 0 Å². The van der Waals surface area contributed by atoms with Crippen LogP contribution in [0.3, 0.4) is 0 Å². The first-order valence-corrected chi connectivity index (χ1v) is 8.53. The summed E-state index contributed by atoms with van der Waals surface area (Å²) in [5.41, 5.74) is 2.95. The molecule has 1 atom stereocenters. The molecule has 0 aromatic heterocycles. The number of rotatable bonds is 4. The number of amides is 3. The van der Waals surface area contributed by atoms with E-state index >= 15 is 0 Å². The zero-order valence-corrected chi connectivity index (χ0v) is 13.6. The monoisotopic (exact) mass is 326 g/mol. The van der Waals surface area contributed by atoms with Gasteiger partial charge in [-0.3, -0.25) is 19.7 Å². The molecule has 0 radical (unpaired) electrons. The van der Waals surface area contributed by atoms with E-state index in [2.05, 4.69) is 10.6 Å². The molecule has 2 fully saturated rings. The Hall–Kier alpha value is -2.43. The quantitative estimate of drug-likeness (QED) is 0.660. The first-order chi connectivity index (χ1) is 11.6. The standard InChI is InChI=1S/C19H22N2O3/c22-17(11-13-4-2-1-3-5-13)20-16-8-6-14(7-9-16)10-15-12-18(23)21-19(15)24/h6-9,11,15H,1-5,10,12H2,(H,20,22)(H,21,23,24)/t15-/m1/s1. The minimum Gasteiger partial charge on any atom is -0.323 e. The molecule has 1 heterocycles. The molecule has 3 rings (SSSR count). The van der Waals surface area contributed by atoms with Gasteiger partial charge in [0, 0.05) is 18.2 Å². The highest BCUT2D eigenvalue weighted by molar-refractivity contribution is 6.03. The zero-order chi connectivity index (χ0) is 16.9. The van der Waals surface area contributed by atoms with E-state index in [4.69, 9.17) is 0 Å². The van der Waals surface area contributed by atoms with Crippen LogP contribution in [0.1, 0.15) is 44.1 Å². The van der Waals surface area contributed by atoms with Crippen LogP contribution < -0.4 is 10.6 Å². The highest BCUT2D eigenvalue weighted by Crippen LogP contribution is 2.23. The molecule has 126 valence electrons. The van der Waals surface area contributed by atoms with Crippen LogP contribution in [-0.2, 0) is 20.8 Å². The van der Waals surface area contributed by atoms with Crippen molar-refractivity contribution in [1.82, 2.24) is 5.32 Å². The molecule has 1 aliphatic carbocycles. The Morgan fingerprint density at radius 1 is 1.12 bits per heavy atom. The van der Waals surface area contributed by atoms with Crippen LogP contribution in [0.4, 0.5) is 5.69 Å². The van der Waals surface area contributed by atoms with Gasteiger partial charge in [0.15, 0.2) is 0 Å². The largest absolute Gasteiger partial charge is 0.323 e. The number of imide groups is 1. The Kier molecular flexibility index (Phi) is 5.08. The van der Waals surface area contributed by atoms with E-state index in [9.17, 15) is 14.4 Å². The molecule has 1 aromatic rings. The lowest BCUT2D eigenvalue weighted by atomic mass is 9.94. The van der Waals surface area contributed by atoms with Crippen molar-refractivity contribution in [3.8, 4) is 0 Å². The fraction of sp³-hybridized carbons (Fsp3) is 0.421. The van der Waals surface area contributed by atoms with E-state index in [1.165, 1.54) is 24.8 Å². The van der Waals surface area contributed by atoms with Gasteiger partial charge in [0.05, 0.1) is 5.92 Å². The number of nitrogens with one attached hydrogen (secondary N) is 2. The van der Waals surface area contributed by atoms with Gasteiger partial charge in [-0.1, -0.05) is 24.1 Å². The Morgan fingerprint density at radius 3 is 2.46 bits per heavy atom. The molecule has 1 aromatic carbocycles. The minimum atomic E-state index is -0.283. The van der Waals surface area contributed by atoms with Crippen LogP contribution in [0, 0.1) is 5.92 Å². The molecule has 24 heavy (non-hydrogen) atoms. The molecular weight excluding hydrogens is 304 g/mol. The Morgan fingerprint density at radius 2 is 1.83 bits per heavy atom. The van der Waals surface area contributed by atoms with Crippen LogP contribution in [0.2, 0.25) is 0 Å². The second-order valence-corrected chi connectivity index (χ2v) is 6.57. The maximum Gasteiger partial charge on any atom is 0.248 e. The van der Waals surface area contributed by atoms with Crippen LogP contribution in [0.15, 0.2) is 35.9 Å². The van der Waals surface area contributed by atoms with Gasteiger partial charge < -0.3 is 5.32 Å². The van der Waals surface area contributed by atoms with E-state index in [-0.39, 0.29) is 30.1 Å². The summed E-state index contributed by atoms with van der Waals surface area (Å²) < 4.78 is 0. The summed E-state index contributed by atoms with van der Waals surface area (Å²) in [6.07, 6.45) is 8.16. The number of benzene rings is 1. The molecule has 1 aliphatic heterocycles. The molecule has 0 bridgehead atoms. The topological polar surface area (TPSA) is 75.3 Å². The summed E-state index contributed by atoms with van der Waals surface area (Å²) in [5, 5.41) is 5.20. The van der Waals surface area contributed by atoms with Crippen LogP contribution in [-0.4, -0.2) is 17.7 Å². The second kappa shape index (κ2) is 7.43. The summed E-state index contributed by atoms with van der Waals surface area (Å²) in [6.45, 7) is 0. The molecular formula is C19H22N2O3. The third-order valence-corrected chi connectivity index (χ3v) is 4.60. The van der Waals surface area contributed by atoms with Gasteiger partial charge in [-0.2, -0.15) is 0 Å². The molecule has 0 unspecified atom stereocenters. The molecule has 3 amide bonds. The van der Waals surface area contributed by atoms with E-state index in [0.717, 1.165) is 24.1 Å². The summed E-state index contributed by atoms with van der Waals surface area (Å²) in [7, 11) is 0. The summed E-state index contributed by atoms with van der Waals surface area (Å²) >= 11 is 0. The average Bonchev–Trinajstić information content (AvgIpc) is 2.87. The highest BCUT2D eigenvalue weighted by Gasteiger charge is 2.30. The zero-order valence-electron chi connectivity index (χ0n) is 13.6. The van der Waals surface area contributed by atoms with Crippen molar-refractivity contribution in [2.45, 2.75) is 44.9 Å². The summed E-state index contributed by atoms with van der Waals surface area (Å²) in [5.74, 6) is -0.768. The highest BCUT2D eigenvalue weighted by atomic mass is 16.2. The van der Waals surface area contributed by atoms with Crippen molar-refractivity contribution in [2.24, 2.45) is 5.92 Å². The smallest absolute Gasteiger partial charge is 0.248 e. The Labute approximate surface area is 141 Å². The van der Waals surface area contributed by atoms with E-state index in [1.807, 2.05) is 24.3 Å². The van der Waals surface area contributed by atoms with Crippen molar-refractivity contribution in [1.29, 1.82) is 0 Å². The molecule has 1 saturated heterocycles. The third kappa shape index (κ3) is 4.31. The van der Waals surface area contributed by atoms with Crippen molar-refractivity contribution >= 4 is 23.4 Å². The van der Waals surface area contributed by atoms with Gasteiger partial charge in [0.2, 0.25) is 17.7 Å². The normalized spacial score (nSPS) is 20.7. The van der Waals surface area contributed by atoms with Gasteiger partial charge in [0.25, 0.3) is 0 Å². The van der Waals surface area contributed by atoms with Gasteiger partial charge in [-0.05, 0) is 49.8 Å². The van der Waals surface area contributed by atoms with Crippen molar-refractivity contribution in [2.75, 3.05) is 5.32 Å². The first-order valence-electron chi connectivity index (χ1n) is 8.53. The molecule has 5 nitrogen and oxygen atoms in total. The van der Waals surface area contributed by atoms with Crippen molar-refractivity contribution in [3.63, 3.8) is 0 Å². The molecule has 2 N–H and O–H groups in total. The summed E-state index contributed by atoms with van der Waals surface area (Å²) in [4.78, 5) is 34.8. The van der Waals surface area contributed by atoms with Crippen LogP contribution in [0.25, 0.3) is 0 Å². The predicted molar refractivity (Wildman–Crippen MR) is 91.2 cm³/mol. The van der Waals surface area contributed by atoms with Gasteiger partial charge in [0.1, 0.15) is 0 Å². The van der Waals surface area contributed by atoms with E-state index < -0.39 is 0 Å². The van der Waals surface area contributed by atoms with Crippen molar-refractivity contribution < 1.29 is 14.4 Å². The lowest BCUT2D eigenvalue weighted by Crippen LogP contribution is -2.22. The average molecular weight is 326 g/mol. The predicted octanol–water partition coefficient (Wildman–Crippen LogP) is 2.72. The Balaban J connectivity index is 1.55. The number of carbonyl (C=O) groups is 3. The number of hydrogen-bond acceptors (Lipinski definition) is 3. The first kappa shape index (κ1) is 16.4. The molecule has 1 saturated carbocycles. The second-order valence-electron chi connectivity index (χ2n) is 6.57. The molecule has 5 heteroatoms. The summed E-state index contributed by atoms with van der Waals surface area (Å²) in [6, 6.07) is 7.45. The fourth-order valence-corrected chi connectivity index (χ4v) is 3.29. The Bertz CT molecular complexity index is 668. The van der Waals surface area contributed by atoms with Crippen molar-refractivity contribution in [3.05, 3.63) is 41.5 Å². The fourth-order valence-electron chi connectivity index (χ4n) is 3.29. The number of anilines is 1. The van der Waals surface area contributed by atoms with Crippen LogP contribution >= 0.6 is 0 Å². The lowest BCUT2D eigenvalue weighted by Gasteiger charge is -2.13. The van der Waals surface area contributed by atoms with Crippen LogP contribution in [0.5, 0.6) is 0 Å². The number of hydrogen-bond donors (Lipinski definition) is 2. The third-order valence-electron chi connectivity index (χ3n) is 4.60. The molecule has 0 spiro atoms. The van der Waals surface area contributed by atoms with E-state index in [0.29, 0.717) is 6.42 Å². The molecule has 2 aliphatic rings. The van der Waals surface area contributed by atoms with E-state index in [1.54, 1.807) is 6.08 Å². The van der Waals surface area contributed by atoms with Gasteiger partial charge in [-0.15, -0.1) is 0 Å². The van der Waals surface area contributed by atoms with Gasteiger partial charge >= 0.3 is 0 Å². The lowest BCUT2D eigenvalue weighted by molar-refractivity contribution is -0.125. The number of allylic oxidation sites excluding steroid dienone is 1. The maximum atomic E-state index is 12.0. The minimum absolute atomic E-state index is 0.0829. The number of carbonyl (C=O) groups excluding carboxylic acids is 3. The SMILES string of the molecule is O=C(C=C1CCCCC1)Nc1ccc(C[C@@H]2CC(=O)NC2=O)cc1. The maximum absolute atomic E-state index is 12.0.